The molecule has 0 aromatic carbocycles. The molecular formula is C20H41N5O. The third kappa shape index (κ3) is 7.94. The Balaban J connectivity index is 2.28. The summed E-state index contributed by atoms with van der Waals surface area (Å²) in [5.74, 6) is 1.18. The molecule has 0 spiro atoms. The van der Waals surface area contributed by atoms with Gasteiger partial charge in [0.05, 0.1) is 0 Å². The van der Waals surface area contributed by atoms with Crippen LogP contribution >= 0.6 is 0 Å². The van der Waals surface area contributed by atoms with Crippen molar-refractivity contribution in [2.45, 2.75) is 78.3 Å². The molecule has 0 saturated carbocycles. The molecule has 1 aliphatic heterocycles. The number of hydrogen-bond acceptors (Lipinski definition) is 3. The lowest BCUT2D eigenvalue weighted by atomic mass is 10.1. The maximum absolute atomic E-state index is 11.9. The number of nitrogens with one attached hydrogen (secondary N) is 2. The molecule has 1 heterocycles. The molecule has 2 atom stereocenters. The van der Waals surface area contributed by atoms with Crippen molar-refractivity contribution in [1.82, 2.24) is 20.4 Å². The van der Waals surface area contributed by atoms with Crippen LogP contribution in [0, 0.1) is 0 Å². The van der Waals surface area contributed by atoms with Crippen molar-refractivity contribution >= 4 is 11.9 Å². The number of nitrogens with zero attached hydrogens (tertiary/aromatic N) is 3. The van der Waals surface area contributed by atoms with Crippen LogP contribution in [0.15, 0.2) is 4.99 Å². The molecule has 0 radical (unpaired) electrons. The fraction of sp³-hybridized carbons (Fsp3) is 0.900. The summed E-state index contributed by atoms with van der Waals surface area (Å²) < 4.78 is 0. The number of amides is 1. The van der Waals surface area contributed by atoms with E-state index in [-0.39, 0.29) is 0 Å². The molecular weight excluding hydrogens is 326 g/mol. The second-order valence-corrected chi connectivity index (χ2v) is 7.25. The first-order valence-electron chi connectivity index (χ1n) is 10.5. The van der Waals surface area contributed by atoms with E-state index >= 15 is 0 Å². The maximum Gasteiger partial charge on any atom is 0.222 e. The molecule has 0 aliphatic carbocycles. The molecule has 1 rings (SSSR count). The number of likely N-dealkylation sites (tertiary alicyclic amines) is 1. The van der Waals surface area contributed by atoms with E-state index in [0.29, 0.717) is 18.0 Å². The highest BCUT2D eigenvalue weighted by molar-refractivity contribution is 5.80. The average Bonchev–Trinajstić information content (AvgIpc) is 3.07. The fourth-order valence-corrected chi connectivity index (χ4v) is 3.65. The van der Waals surface area contributed by atoms with Crippen molar-refractivity contribution in [2.75, 3.05) is 39.8 Å². The summed E-state index contributed by atoms with van der Waals surface area (Å²) in [5.41, 5.74) is 0. The molecule has 1 amide bonds. The zero-order valence-electron chi connectivity index (χ0n) is 17.7. The fourth-order valence-electron chi connectivity index (χ4n) is 3.65. The highest BCUT2D eigenvalue weighted by Gasteiger charge is 2.26. The van der Waals surface area contributed by atoms with Gasteiger partial charge in [-0.15, -0.1) is 0 Å². The van der Waals surface area contributed by atoms with E-state index in [2.05, 4.69) is 53.1 Å². The van der Waals surface area contributed by atoms with Gasteiger partial charge in [0.15, 0.2) is 5.96 Å². The summed E-state index contributed by atoms with van der Waals surface area (Å²) in [7, 11) is 1.82. The summed E-state index contributed by atoms with van der Waals surface area (Å²) in [6.45, 7) is 14.0. The Morgan fingerprint density at radius 1 is 1.27 bits per heavy atom. The number of rotatable bonds is 12. The lowest BCUT2D eigenvalue weighted by Crippen LogP contribution is -2.44. The third-order valence-electron chi connectivity index (χ3n) is 5.40. The smallest absolute Gasteiger partial charge is 0.222 e. The van der Waals surface area contributed by atoms with Gasteiger partial charge in [0.25, 0.3) is 0 Å². The van der Waals surface area contributed by atoms with E-state index in [0.717, 1.165) is 70.8 Å². The Kier molecular flexibility index (Phi) is 11.3. The highest BCUT2D eigenvalue weighted by Crippen LogP contribution is 2.17. The van der Waals surface area contributed by atoms with Crippen LogP contribution in [0.25, 0.3) is 0 Å². The molecule has 1 fully saturated rings. The van der Waals surface area contributed by atoms with Crippen LogP contribution in [-0.4, -0.2) is 73.5 Å². The van der Waals surface area contributed by atoms with Gasteiger partial charge in [-0.2, -0.15) is 0 Å². The largest absolute Gasteiger partial charge is 0.356 e. The van der Waals surface area contributed by atoms with Gasteiger partial charge in [-0.05, 0) is 58.7 Å². The zero-order valence-corrected chi connectivity index (χ0v) is 17.7. The summed E-state index contributed by atoms with van der Waals surface area (Å²) in [6, 6.07) is 0.751. The quantitative estimate of drug-likeness (QED) is 0.411. The van der Waals surface area contributed by atoms with Crippen molar-refractivity contribution in [3.63, 3.8) is 0 Å². The lowest BCUT2D eigenvalue weighted by Gasteiger charge is -2.27. The van der Waals surface area contributed by atoms with E-state index in [9.17, 15) is 4.79 Å². The minimum atomic E-state index is 0.321. The first-order valence-corrected chi connectivity index (χ1v) is 10.5. The van der Waals surface area contributed by atoms with Gasteiger partial charge >= 0.3 is 0 Å². The number of hydrogen-bond donors (Lipinski definition) is 2. The van der Waals surface area contributed by atoms with Crippen molar-refractivity contribution in [3.05, 3.63) is 0 Å². The molecule has 0 aromatic heterocycles. The lowest BCUT2D eigenvalue weighted by molar-refractivity contribution is -0.129. The molecule has 26 heavy (non-hydrogen) atoms. The van der Waals surface area contributed by atoms with Gasteiger partial charge in [0.2, 0.25) is 5.91 Å². The monoisotopic (exact) mass is 367 g/mol. The topological polar surface area (TPSA) is 60.0 Å². The van der Waals surface area contributed by atoms with Crippen molar-refractivity contribution < 1.29 is 4.79 Å². The van der Waals surface area contributed by atoms with Crippen LogP contribution in [0.1, 0.15) is 66.2 Å². The predicted molar refractivity (Wildman–Crippen MR) is 111 cm³/mol. The normalized spacial score (nSPS) is 17.7. The summed E-state index contributed by atoms with van der Waals surface area (Å²) in [4.78, 5) is 20.8. The molecule has 2 unspecified atom stereocenters. The Morgan fingerprint density at radius 3 is 2.54 bits per heavy atom. The number of guanidine groups is 1. The van der Waals surface area contributed by atoms with Crippen LogP contribution in [0.3, 0.4) is 0 Å². The van der Waals surface area contributed by atoms with E-state index in [1.807, 2.05) is 7.05 Å². The molecule has 6 heteroatoms. The number of carbonyl (C=O) groups excluding carboxylic acids is 1. The molecule has 1 aliphatic rings. The molecule has 1 saturated heterocycles. The standard InChI is InChI=1S/C20H41N5O/c1-6-18(25-16-10-12-19(25)26)13-14-22-20(21-5)23-17(4)11-9-15-24(7-2)8-3/h17-18H,6-16H2,1-5H3,(H2,21,22,23). The SMILES string of the molecule is CCC(CCNC(=NC)NC(C)CCCN(CC)CC)N1CCCC1=O. The van der Waals surface area contributed by atoms with Gasteiger partial charge in [-0.25, -0.2) is 0 Å². The van der Waals surface area contributed by atoms with E-state index < -0.39 is 0 Å². The van der Waals surface area contributed by atoms with Gasteiger partial charge in [-0.1, -0.05) is 20.8 Å². The number of aliphatic imine (C=N–C) groups is 1. The van der Waals surface area contributed by atoms with Gasteiger partial charge in [0, 0.05) is 38.6 Å². The predicted octanol–water partition coefficient (Wildman–Crippen LogP) is 2.45. The van der Waals surface area contributed by atoms with E-state index in [1.54, 1.807) is 0 Å². The third-order valence-corrected chi connectivity index (χ3v) is 5.40. The van der Waals surface area contributed by atoms with E-state index in [4.69, 9.17) is 0 Å². The first-order chi connectivity index (χ1) is 12.5. The van der Waals surface area contributed by atoms with Crippen molar-refractivity contribution in [1.29, 1.82) is 0 Å². The second kappa shape index (κ2) is 13.0. The van der Waals surface area contributed by atoms with Crippen molar-refractivity contribution in [2.24, 2.45) is 4.99 Å². The van der Waals surface area contributed by atoms with Gasteiger partial charge < -0.3 is 20.4 Å². The van der Waals surface area contributed by atoms with Crippen LogP contribution in [0.2, 0.25) is 0 Å². The highest BCUT2D eigenvalue weighted by atomic mass is 16.2. The van der Waals surface area contributed by atoms with Crippen LogP contribution in [0.5, 0.6) is 0 Å². The summed E-state index contributed by atoms with van der Waals surface area (Å²) in [5, 5.41) is 6.90. The summed E-state index contributed by atoms with van der Waals surface area (Å²) in [6.07, 6.45) is 6.05. The Morgan fingerprint density at radius 2 is 2.00 bits per heavy atom. The second-order valence-electron chi connectivity index (χ2n) is 7.25. The molecule has 0 bridgehead atoms. The Labute approximate surface area is 160 Å². The minimum Gasteiger partial charge on any atom is -0.356 e. The van der Waals surface area contributed by atoms with Crippen LogP contribution in [0.4, 0.5) is 0 Å². The van der Waals surface area contributed by atoms with Crippen LogP contribution < -0.4 is 10.6 Å². The maximum atomic E-state index is 11.9. The van der Waals surface area contributed by atoms with Crippen molar-refractivity contribution in [3.8, 4) is 0 Å². The molecule has 0 aromatic rings. The molecule has 2 N–H and O–H groups in total. The van der Waals surface area contributed by atoms with Gasteiger partial charge in [0.1, 0.15) is 0 Å². The molecule has 6 nitrogen and oxygen atoms in total. The molecule has 152 valence electrons. The minimum absolute atomic E-state index is 0.321. The van der Waals surface area contributed by atoms with Crippen LogP contribution in [-0.2, 0) is 4.79 Å². The first kappa shape index (κ1) is 22.7. The van der Waals surface area contributed by atoms with E-state index in [1.165, 1.54) is 6.42 Å². The number of carbonyl (C=O) groups is 1. The zero-order chi connectivity index (χ0) is 19.4. The van der Waals surface area contributed by atoms with Gasteiger partial charge in [-0.3, -0.25) is 9.79 Å². The summed E-state index contributed by atoms with van der Waals surface area (Å²) >= 11 is 0. The Bertz CT molecular complexity index is 422. The Hall–Kier alpha value is -1.30. The average molecular weight is 368 g/mol.